The van der Waals surface area contributed by atoms with Gasteiger partial charge in [-0.15, -0.1) is 0 Å². The molecule has 2 fully saturated rings. The zero-order valence-corrected chi connectivity index (χ0v) is 21.8. The first-order chi connectivity index (χ1) is 17.3. The first-order valence-corrected chi connectivity index (χ1v) is 14.5. The van der Waals surface area contributed by atoms with Gasteiger partial charge in [0.05, 0.1) is 17.9 Å². The van der Waals surface area contributed by atoms with Crippen LogP contribution in [0.1, 0.15) is 63.5 Å². The van der Waals surface area contributed by atoms with Gasteiger partial charge >= 0.3 is 5.97 Å². The molecule has 1 N–H and O–H groups in total. The van der Waals surface area contributed by atoms with Crippen LogP contribution in [-0.4, -0.2) is 73.1 Å². The number of rotatable bonds is 9. The Morgan fingerprint density at radius 3 is 2.44 bits per heavy atom. The van der Waals surface area contributed by atoms with Gasteiger partial charge < -0.3 is 9.84 Å². The Balaban J connectivity index is 1.37. The highest BCUT2D eigenvalue weighted by Crippen LogP contribution is 2.28. The molecule has 0 bridgehead atoms. The summed E-state index contributed by atoms with van der Waals surface area (Å²) in [6.07, 6.45) is 9.61. The quantitative estimate of drug-likeness (QED) is 0.497. The van der Waals surface area contributed by atoms with Crippen LogP contribution in [0.2, 0.25) is 0 Å². The van der Waals surface area contributed by atoms with Crippen LogP contribution in [0, 0.1) is 0 Å². The molecule has 36 heavy (non-hydrogen) atoms. The average Bonchev–Trinajstić information content (AvgIpc) is 3.18. The normalized spacial score (nSPS) is 19.5. The molecule has 1 atom stereocenters. The Hall–Kier alpha value is -2.49. The smallest absolute Gasteiger partial charge is 0.306 e. The molecule has 2 aromatic rings. The number of pyridine rings is 1. The molecule has 2 heterocycles. The van der Waals surface area contributed by atoms with Crippen molar-refractivity contribution >= 4 is 15.8 Å². The van der Waals surface area contributed by atoms with E-state index in [0.29, 0.717) is 5.75 Å². The Kier molecular flexibility index (Phi) is 8.98. The molecular weight excluding hydrogens is 478 g/mol. The molecule has 2 aliphatic rings. The number of carbonyl (C=O) groups is 1. The van der Waals surface area contributed by atoms with Gasteiger partial charge in [0.25, 0.3) is 0 Å². The van der Waals surface area contributed by atoms with Crippen LogP contribution in [0.3, 0.4) is 0 Å². The number of aliphatic carboxylic acids is 1. The SMILES string of the molecule is C[C@@H](c1ccc(S(=O)(=O)c2cccc(OCCC(=O)O)c2)nc1)N1CCN(C2CCCCCC2)CC1. The van der Waals surface area contributed by atoms with Crippen LogP contribution >= 0.6 is 0 Å². The van der Waals surface area contributed by atoms with Crippen molar-refractivity contribution in [1.29, 1.82) is 0 Å². The molecule has 0 unspecified atom stereocenters. The summed E-state index contributed by atoms with van der Waals surface area (Å²) in [6.45, 7) is 6.31. The number of hydrogen-bond donors (Lipinski definition) is 1. The fourth-order valence-electron chi connectivity index (χ4n) is 5.23. The van der Waals surface area contributed by atoms with Crippen molar-refractivity contribution in [3.05, 3.63) is 48.2 Å². The van der Waals surface area contributed by atoms with Gasteiger partial charge in [0.2, 0.25) is 9.84 Å². The predicted molar refractivity (Wildman–Crippen MR) is 137 cm³/mol. The van der Waals surface area contributed by atoms with E-state index in [1.165, 1.54) is 50.7 Å². The summed E-state index contributed by atoms with van der Waals surface area (Å²) in [5, 5.41) is 8.74. The molecule has 1 saturated carbocycles. The van der Waals surface area contributed by atoms with Crippen molar-refractivity contribution in [2.24, 2.45) is 0 Å². The largest absolute Gasteiger partial charge is 0.493 e. The fourth-order valence-corrected chi connectivity index (χ4v) is 6.44. The molecule has 0 amide bonds. The van der Waals surface area contributed by atoms with Gasteiger partial charge in [-0.25, -0.2) is 13.4 Å². The lowest BCUT2D eigenvalue weighted by Crippen LogP contribution is -2.50. The molecule has 196 valence electrons. The average molecular weight is 516 g/mol. The monoisotopic (exact) mass is 515 g/mol. The van der Waals surface area contributed by atoms with Crippen molar-refractivity contribution in [3.8, 4) is 5.75 Å². The van der Waals surface area contributed by atoms with Crippen LogP contribution in [0.4, 0.5) is 0 Å². The van der Waals surface area contributed by atoms with Crippen molar-refractivity contribution in [3.63, 3.8) is 0 Å². The van der Waals surface area contributed by atoms with E-state index in [9.17, 15) is 13.2 Å². The molecule has 8 nitrogen and oxygen atoms in total. The minimum atomic E-state index is -3.82. The number of ether oxygens (including phenoxy) is 1. The van der Waals surface area contributed by atoms with Gasteiger partial charge in [0.15, 0.2) is 5.03 Å². The molecule has 1 aliphatic carbocycles. The second kappa shape index (κ2) is 12.2. The molecule has 1 aliphatic heterocycles. The van der Waals surface area contributed by atoms with E-state index >= 15 is 0 Å². The number of benzene rings is 1. The Labute approximate surface area is 214 Å². The van der Waals surface area contributed by atoms with E-state index in [1.807, 2.05) is 6.07 Å². The summed E-state index contributed by atoms with van der Waals surface area (Å²) < 4.78 is 31.7. The van der Waals surface area contributed by atoms with Crippen molar-refractivity contribution in [2.45, 2.75) is 73.9 Å². The highest BCUT2D eigenvalue weighted by molar-refractivity contribution is 7.91. The van der Waals surface area contributed by atoms with Crippen LogP contribution in [-0.2, 0) is 14.6 Å². The second-order valence-corrected chi connectivity index (χ2v) is 11.7. The van der Waals surface area contributed by atoms with Crippen molar-refractivity contribution < 1.29 is 23.1 Å². The van der Waals surface area contributed by atoms with Gasteiger partial charge in [-0.1, -0.05) is 37.8 Å². The number of carboxylic acid groups (broad SMARTS) is 1. The van der Waals surface area contributed by atoms with E-state index in [-0.39, 0.29) is 29.0 Å². The lowest BCUT2D eigenvalue weighted by Gasteiger charge is -2.41. The molecule has 4 rings (SSSR count). The summed E-state index contributed by atoms with van der Waals surface area (Å²) in [5.41, 5.74) is 1.00. The van der Waals surface area contributed by atoms with E-state index in [2.05, 4.69) is 21.7 Å². The van der Waals surface area contributed by atoms with Gasteiger partial charge in [-0.2, -0.15) is 0 Å². The molecular formula is C27H37N3O5S. The summed E-state index contributed by atoms with van der Waals surface area (Å²) in [6, 6.07) is 10.4. The van der Waals surface area contributed by atoms with Crippen LogP contribution in [0.15, 0.2) is 52.5 Å². The first kappa shape index (κ1) is 26.6. The van der Waals surface area contributed by atoms with Crippen LogP contribution in [0.25, 0.3) is 0 Å². The maximum absolute atomic E-state index is 13.1. The fraction of sp³-hybridized carbons (Fsp3) is 0.556. The number of piperazine rings is 1. The summed E-state index contributed by atoms with van der Waals surface area (Å²) >= 11 is 0. The molecule has 0 spiro atoms. The molecule has 1 aromatic heterocycles. The van der Waals surface area contributed by atoms with E-state index < -0.39 is 15.8 Å². The predicted octanol–water partition coefficient (Wildman–Crippen LogP) is 4.17. The number of hydrogen-bond acceptors (Lipinski definition) is 7. The number of sulfone groups is 1. The van der Waals surface area contributed by atoms with Crippen molar-refractivity contribution in [1.82, 2.24) is 14.8 Å². The third kappa shape index (κ3) is 6.63. The van der Waals surface area contributed by atoms with Crippen molar-refractivity contribution in [2.75, 3.05) is 32.8 Å². The van der Waals surface area contributed by atoms with Gasteiger partial charge in [0, 0.05) is 44.5 Å². The number of nitrogens with zero attached hydrogens (tertiary/aromatic N) is 3. The summed E-state index contributed by atoms with van der Waals surface area (Å²) in [4.78, 5) is 20.2. The van der Waals surface area contributed by atoms with E-state index in [1.54, 1.807) is 24.4 Å². The zero-order valence-electron chi connectivity index (χ0n) is 21.0. The van der Waals surface area contributed by atoms with Gasteiger partial charge in [0.1, 0.15) is 5.75 Å². The third-order valence-corrected chi connectivity index (χ3v) is 9.12. The topological polar surface area (TPSA) is 100 Å². The number of aromatic nitrogens is 1. The standard InChI is InChI=1S/C27H37N3O5S/c1-21(29-14-16-30(17-15-29)23-7-4-2-3-5-8-23)22-11-12-26(28-20-22)36(33,34)25-10-6-9-24(19-25)35-18-13-27(31)32/h6,9-12,19-21,23H,2-5,7-8,13-18H2,1H3,(H,31,32)/t21-/m0/s1. The summed E-state index contributed by atoms with van der Waals surface area (Å²) in [5.74, 6) is -0.663. The first-order valence-electron chi connectivity index (χ1n) is 13.0. The molecule has 0 radical (unpaired) electrons. The number of carboxylic acids is 1. The zero-order chi connectivity index (χ0) is 25.5. The van der Waals surface area contributed by atoms with Crippen LogP contribution in [0.5, 0.6) is 5.75 Å². The minimum Gasteiger partial charge on any atom is -0.493 e. The Bertz CT molecular complexity index is 1110. The molecule has 9 heteroatoms. The van der Waals surface area contributed by atoms with E-state index in [4.69, 9.17) is 9.84 Å². The maximum atomic E-state index is 13.1. The molecule has 1 saturated heterocycles. The molecule has 1 aromatic carbocycles. The Morgan fingerprint density at radius 1 is 1.08 bits per heavy atom. The lowest BCUT2D eigenvalue weighted by molar-refractivity contribution is -0.137. The van der Waals surface area contributed by atoms with Crippen LogP contribution < -0.4 is 4.74 Å². The highest BCUT2D eigenvalue weighted by atomic mass is 32.2. The van der Waals surface area contributed by atoms with Gasteiger partial charge in [-0.05, 0) is 49.6 Å². The third-order valence-electron chi connectivity index (χ3n) is 7.46. The maximum Gasteiger partial charge on any atom is 0.306 e. The highest BCUT2D eigenvalue weighted by Gasteiger charge is 2.27. The lowest BCUT2D eigenvalue weighted by atomic mass is 10.0. The van der Waals surface area contributed by atoms with E-state index in [0.717, 1.165) is 37.8 Å². The summed E-state index contributed by atoms with van der Waals surface area (Å²) in [7, 11) is -3.82. The minimum absolute atomic E-state index is 0.0145. The second-order valence-electron chi connectivity index (χ2n) is 9.79. The Morgan fingerprint density at radius 2 is 1.81 bits per heavy atom. The van der Waals surface area contributed by atoms with Gasteiger partial charge in [-0.3, -0.25) is 14.6 Å².